The third-order valence-corrected chi connectivity index (χ3v) is 0.987. The van der Waals surface area contributed by atoms with Gasteiger partial charge in [0.15, 0.2) is 0 Å². The lowest BCUT2D eigenvalue weighted by atomic mass is 10.5. The minimum absolute atomic E-state index is 1.04. The zero-order valence-corrected chi connectivity index (χ0v) is 6.84. The van der Waals surface area contributed by atoms with Gasteiger partial charge < -0.3 is 0 Å². The first-order valence-corrected chi connectivity index (χ1v) is 3.22. The van der Waals surface area contributed by atoms with Gasteiger partial charge in [-0.1, -0.05) is 12.2 Å². The van der Waals surface area contributed by atoms with E-state index in [1.807, 2.05) is 14.0 Å². The predicted molar refractivity (Wildman–Crippen MR) is 41.5 cm³/mol. The summed E-state index contributed by atoms with van der Waals surface area (Å²) in [6, 6.07) is 0. The SMILES string of the molecule is C/C=C/CN(C)I. The molecule has 0 radical (unpaired) electrons. The third-order valence-electron chi connectivity index (χ3n) is 0.593. The second-order valence-electron chi connectivity index (χ2n) is 1.36. The third kappa shape index (κ3) is 6.43. The van der Waals surface area contributed by atoms with Crippen LogP contribution in [0.4, 0.5) is 0 Å². The van der Waals surface area contributed by atoms with Gasteiger partial charge in [-0.3, -0.25) is 0 Å². The van der Waals surface area contributed by atoms with E-state index in [4.69, 9.17) is 0 Å². The number of allylic oxidation sites excluding steroid dienone is 1. The summed E-state index contributed by atoms with van der Waals surface area (Å²) in [6.45, 7) is 3.07. The molecule has 0 aliphatic heterocycles. The summed E-state index contributed by atoms with van der Waals surface area (Å²) in [5.41, 5.74) is 0. The van der Waals surface area contributed by atoms with Crippen LogP contribution in [0, 0.1) is 0 Å². The van der Waals surface area contributed by atoms with Crippen LogP contribution in [0.1, 0.15) is 6.92 Å². The first kappa shape index (κ1) is 7.43. The zero-order chi connectivity index (χ0) is 5.70. The van der Waals surface area contributed by atoms with Gasteiger partial charge in [0.05, 0.1) is 0 Å². The van der Waals surface area contributed by atoms with E-state index in [1.165, 1.54) is 0 Å². The molecule has 42 valence electrons. The Labute approximate surface area is 58.9 Å². The van der Waals surface area contributed by atoms with Crippen LogP contribution in [-0.2, 0) is 0 Å². The fourth-order valence-corrected chi connectivity index (χ4v) is 0.478. The first-order chi connectivity index (χ1) is 3.27. The van der Waals surface area contributed by atoms with Crippen molar-refractivity contribution in [3.63, 3.8) is 0 Å². The van der Waals surface area contributed by atoms with E-state index in [0.29, 0.717) is 0 Å². The van der Waals surface area contributed by atoms with E-state index < -0.39 is 0 Å². The minimum atomic E-state index is 1.04. The van der Waals surface area contributed by atoms with Crippen molar-refractivity contribution in [1.82, 2.24) is 3.11 Å². The average Bonchev–Trinajstić information content (AvgIpc) is 1.61. The smallest absolute Gasteiger partial charge is 0.0258 e. The highest BCUT2D eigenvalue weighted by molar-refractivity contribution is 14.1. The molecule has 0 aromatic carbocycles. The van der Waals surface area contributed by atoms with Crippen LogP contribution >= 0.6 is 22.9 Å². The molecule has 0 aromatic rings. The Morgan fingerprint density at radius 3 is 2.43 bits per heavy atom. The molecule has 0 heterocycles. The second-order valence-corrected chi connectivity index (χ2v) is 3.00. The minimum Gasteiger partial charge on any atom is -0.247 e. The summed E-state index contributed by atoms with van der Waals surface area (Å²) in [5, 5.41) is 0. The molecule has 0 aliphatic rings. The van der Waals surface area contributed by atoms with Crippen molar-refractivity contribution in [3.05, 3.63) is 12.2 Å². The lowest BCUT2D eigenvalue weighted by Gasteiger charge is -1.98. The maximum absolute atomic E-state index is 2.25. The molecule has 0 unspecified atom stereocenters. The largest absolute Gasteiger partial charge is 0.247 e. The quantitative estimate of drug-likeness (QED) is 0.382. The van der Waals surface area contributed by atoms with Gasteiger partial charge >= 0.3 is 0 Å². The number of halogens is 1. The molecular weight excluding hydrogens is 201 g/mol. The number of nitrogens with zero attached hydrogens (tertiary/aromatic N) is 1. The van der Waals surface area contributed by atoms with E-state index in [2.05, 4.69) is 38.1 Å². The van der Waals surface area contributed by atoms with E-state index in [1.54, 1.807) is 0 Å². The zero-order valence-electron chi connectivity index (χ0n) is 4.69. The highest BCUT2D eigenvalue weighted by Crippen LogP contribution is 1.90. The monoisotopic (exact) mass is 211 g/mol. The van der Waals surface area contributed by atoms with E-state index in [9.17, 15) is 0 Å². The molecule has 1 nitrogen and oxygen atoms in total. The lowest BCUT2D eigenvalue weighted by molar-refractivity contribution is 0.687. The number of rotatable bonds is 2. The molecule has 7 heavy (non-hydrogen) atoms. The molecule has 0 atom stereocenters. The van der Waals surface area contributed by atoms with Crippen LogP contribution in [0.2, 0.25) is 0 Å². The second kappa shape index (κ2) is 4.59. The van der Waals surface area contributed by atoms with E-state index in [0.717, 1.165) is 6.54 Å². The van der Waals surface area contributed by atoms with Crippen LogP contribution in [0.15, 0.2) is 12.2 Å². The Bertz CT molecular complexity index is 59.1. The maximum atomic E-state index is 2.25. The molecule has 0 aromatic heterocycles. The van der Waals surface area contributed by atoms with E-state index in [-0.39, 0.29) is 0 Å². The van der Waals surface area contributed by atoms with Gasteiger partial charge in [0, 0.05) is 29.4 Å². The van der Waals surface area contributed by atoms with Crippen LogP contribution < -0.4 is 0 Å². The Kier molecular flexibility index (Phi) is 4.87. The summed E-state index contributed by atoms with van der Waals surface area (Å²) in [7, 11) is 2.04. The summed E-state index contributed by atoms with van der Waals surface area (Å²) in [5.74, 6) is 0. The lowest BCUT2D eigenvalue weighted by Crippen LogP contribution is -2.01. The Balaban J connectivity index is 2.97. The van der Waals surface area contributed by atoms with Crippen molar-refractivity contribution in [2.45, 2.75) is 6.92 Å². The molecule has 0 bridgehead atoms. The van der Waals surface area contributed by atoms with Gasteiger partial charge in [0.1, 0.15) is 0 Å². The van der Waals surface area contributed by atoms with Gasteiger partial charge in [-0.2, -0.15) is 0 Å². The molecular formula is C5H10IN. The molecule has 0 spiro atoms. The maximum Gasteiger partial charge on any atom is 0.0258 e. The topological polar surface area (TPSA) is 3.24 Å². The fraction of sp³-hybridized carbons (Fsp3) is 0.600. The van der Waals surface area contributed by atoms with Crippen LogP contribution in [0.25, 0.3) is 0 Å². The highest BCUT2D eigenvalue weighted by Gasteiger charge is 1.79. The molecule has 2 heteroatoms. The fourth-order valence-electron chi connectivity index (χ4n) is 0.251. The summed E-state index contributed by atoms with van der Waals surface area (Å²) < 4.78 is 2.09. The number of hydrogen-bond donors (Lipinski definition) is 0. The standard InChI is InChI=1S/C5H10IN/c1-3-4-5-7(2)6/h3-4H,5H2,1-2H3/b4-3+. The summed E-state index contributed by atoms with van der Waals surface area (Å²) >= 11 is 2.25. The molecule has 0 N–H and O–H groups in total. The van der Waals surface area contributed by atoms with Crippen LogP contribution in [0.3, 0.4) is 0 Å². The van der Waals surface area contributed by atoms with Gasteiger partial charge in [0.25, 0.3) is 0 Å². The number of hydrogen-bond acceptors (Lipinski definition) is 1. The first-order valence-electron chi connectivity index (χ1n) is 2.25. The van der Waals surface area contributed by atoms with Gasteiger partial charge in [-0.15, -0.1) is 0 Å². The van der Waals surface area contributed by atoms with E-state index >= 15 is 0 Å². The summed E-state index contributed by atoms with van der Waals surface area (Å²) in [4.78, 5) is 0. The van der Waals surface area contributed by atoms with Crippen molar-refractivity contribution in [3.8, 4) is 0 Å². The van der Waals surface area contributed by atoms with Crippen LogP contribution in [0.5, 0.6) is 0 Å². The Morgan fingerprint density at radius 2 is 2.29 bits per heavy atom. The highest BCUT2D eigenvalue weighted by atomic mass is 127. The van der Waals surface area contributed by atoms with Crippen LogP contribution in [-0.4, -0.2) is 16.7 Å². The molecule has 0 saturated carbocycles. The van der Waals surface area contributed by atoms with Gasteiger partial charge in [-0.25, -0.2) is 3.11 Å². The molecule has 0 saturated heterocycles. The van der Waals surface area contributed by atoms with Crippen molar-refractivity contribution in [2.24, 2.45) is 0 Å². The Hall–Kier alpha value is 0.430. The number of likely N-dealkylation sites (N-methyl/N-ethyl adjacent to an activating group) is 1. The predicted octanol–water partition coefficient (Wildman–Crippen LogP) is 1.84. The summed E-state index contributed by atoms with van der Waals surface area (Å²) in [6.07, 6.45) is 4.17. The van der Waals surface area contributed by atoms with Crippen molar-refractivity contribution >= 4 is 22.9 Å². The van der Waals surface area contributed by atoms with Crippen molar-refractivity contribution < 1.29 is 0 Å². The van der Waals surface area contributed by atoms with Gasteiger partial charge in [0.2, 0.25) is 0 Å². The molecule has 0 rings (SSSR count). The van der Waals surface area contributed by atoms with Crippen molar-refractivity contribution in [1.29, 1.82) is 0 Å². The van der Waals surface area contributed by atoms with Crippen molar-refractivity contribution in [2.75, 3.05) is 13.6 Å². The molecule has 0 fully saturated rings. The normalized spacial score (nSPS) is 11.4. The molecule has 0 amide bonds. The average molecular weight is 211 g/mol. The molecule has 0 aliphatic carbocycles. The Morgan fingerprint density at radius 1 is 1.71 bits per heavy atom. The van der Waals surface area contributed by atoms with Gasteiger partial charge in [-0.05, 0) is 14.0 Å².